The molecule has 0 N–H and O–H groups in total. The van der Waals surface area contributed by atoms with E-state index >= 15 is 0 Å². The van der Waals surface area contributed by atoms with Crippen LogP contribution in [0.4, 0.5) is 0 Å². The second-order valence-corrected chi connectivity index (χ2v) is 7.63. The van der Waals surface area contributed by atoms with Crippen molar-refractivity contribution >= 4 is 29.2 Å². The zero-order chi connectivity index (χ0) is 19.5. The van der Waals surface area contributed by atoms with E-state index in [-0.39, 0.29) is 6.79 Å². The van der Waals surface area contributed by atoms with E-state index in [1.54, 1.807) is 6.21 Å². The lowest BCUT2D eigenvalue weighted by Crippen LogP contribution is -2.13. The summed E-state index contributed by atoms with van der Waals surface area (Å²) in [5.41, 5.74) is 3.79. The fourth-order valence-corrected chi connectivity index (χ4v) is 3.71. The predicted octanol–water partition coefficient (Wildman–Crippen LogP) is 4.96. The van der Waals surface area contributed by atoms with Crippen LogP contribution in [0.15, 0.2) is 70.1 Å². The molecule has 1 aliphatic rings. The highest BCUT2D eigenvalue weighted by atomic mass is 35.5. The fraction of sp³-hybridized carbons (Fsp3) is 0.143. The number of nitrogens with zero attached hydrogens (tertiary/aromatic N) is 3. The Labute approximate surface area is 171 Å². The molecule has 3 aromatic rings. The molecule has 4 rings (SSSR count). The molecule has 2 aromatic carbocycles. The topological polar surface area (TPSA) is 48.1 Å². The number of aromatic nitrogens is 1. The molecule has 0 aliphatic carbocycles. The van der Waals surface area contributed by atoms with Crippen molar-refractivity contribution in [2.24, 2.45) is 10.1 Å². The minimum Gasteiger partial charge on any atom is -0.454 e. The summed E-state index contributed by atoms with van der Waals surface area (Å²) in [5, 5.41) is 7.39. The van der Waals surface area contributed by atoms with Gasteiger partial charge in [0.05, 0.1) is 18.5 Å². The van der Waals surface area contributed by atoms with Gasteiger partial charge in [0.25, 0.3) is 0 Å². The van der Waals surface area contributed by atoms with Crippen molar-refractivity contribution in [3.8, 4) is 22.8 Å². The zero-order valence-electron chi connectivity index (χ0n) is 15.3. The lowest BCUT2D eigenvalue weighted by atomic mass is 10.2. The van der Waals surface area contributed by atoms with Gasteiger partial charge in [-0.15, -0.1) is 11.3 Å². The maximum Gasteiger partial charge on any atom is 0.231 e. The van der Waals surface area contributed by atoms with Crippen LogP contribution in [0.2, 0.25) is 5.02 Å². The molecular weight excluding hydrogens is 394 g/mol. The summed E-state index contributed by atoms with van der Waals surface area (Å²) in [6.45, 7) is 6.68. The Balaban J connectivity index is 1.76. The largest absolute Gasteiger partial charge is 0.454 e. The maximum absolute atomic E-state index is 6.18. The highest BCUT2D eigenvalue weighted by Gasteiger charge is 2.13. The second kappa shape index (κ2) is 8.04. The number of thiazole rings is 1. The number of halogens is 1. The van der Waals surface area contributed by atoms with Crippen LogP contribution in [0, 0.1) is 0 Å². The molecule has 1 aromatic heterocycles. The van der Waals surface area contributed by atoms with E-state index in [2.05, 4.69) is 16.7 Å². The van der Waals surface area contributed by atoms with Crippen LogP contribution in [-0.2, 0) is 0 Å². The summed E-state index contributed by atoms with van der Waals surface area (Å²) in [7, 11) is 0. The minimum absolute atomic E-state index is 0.248. The third kappa shape index (κ3) is 4.03. The third-order valence-electron chi connectivity index (χ3n) is 4.01. The van der Waals surface area contributed by atoms with Gasteiger partial charge in [-0.05, 0) is 42.8 Å². The maximum atomic E-state index is 6.18. The first-order valence-corrected chi connectivity index (χ1v) is 9.91. The molecule has 0 saturated carbocycles. The predicted molar refractivity (Wildman–Crippen MR) is 114 cm³/mol. The molecule has 7 heteroatoms. The van der Waals surface area contributed by atoms with Crippen LogP contribution in [0.5, 0.6) is 11.5 Å². The van der Waals surface area contributed by atoms with Crippen LogP contribution in [0.3, 0.4) is 0 Å². The van der Waals surface area contributed by atoms with E-state index in [1.807, 2.05) is 59.4 Å². The molecule has 28 heavy (non-hydrogen) atoms. The van der Waals surface area contributed by atoms with Crippen LogP contribution in [-0.4, -0.2) is 24.2 Å². The van der Waals surface area contributed by atoms with Gasteiger partial charge in [-0.3, -0.25) is 4.99 Å². The average Bonchev–Trinajstić information content (AvgIpc) is 3.30. The molecule has 0 fully saturated rings. The number of ether oxygens (including phenoxy) is 2. The first-order valence-electron chi connectivity index (χ1n) is 8.65. The zero-order valence-corrected chi connectivity index (χ0v) is 16.8. The quantitative estimate of drug-likeness (QED) is 0.440. The summed E-state index contributed by atoms with van der Waals surface area (Å²) >= 11 is 7.71. The molecule has 1 aliphatic heterocycles. The van der Waals surface area contributed by atoms with E-state index in [1.165, 1.54) is 11.3 Å². The molecule has 0 amide bonds. The van der Waals surface area contributed by atoms with Gasteiger partial charge in [0.2, 0.25) is 11.6 Å². The molecule has 0 spiro atoms. The summed E-state index contributed by atoms with van der Waals surface area (Å²) in [4.78, 5) is 5.42. The molecule has 0 unspecified atom stereocenters. The first kappa shape index (κ1) is 18.5. The standard InChI is InChI=1S/C21H18ClN3O2S/c1-14(2)10-23-21-25(18(12-28-21)16-4-3-5-17(22)9-16)24-11-15-6-7-19-20(8-15)27-13-26-19/h3-9,11-12H,1,10,13H2,2H3. The summed E-state index contributed by atoms with van der Waals surface area (Å²) < 4.78 is 12.6. The van der Waals surface area contributed by atoms with E-state index in [4.69, 9.17) is 21.1 Å². The lowest BCUT2D eigenvalue weighted by molar-refractivity contribution is 0.174. The van der Waals surface area contributed by atoms with Gasteiger partial charge in [0.15, 0.2) is 11.5 Å². The second-order valence-electron chi connectivity index (χ2n) is 6.36. The molecule has 0 saturated heterocycles. The van der Waals surface area contributed by atoms with Crippen LogP contribution < -0.4 is 14.3 Å². The van der Waals surface area contributed by atoms with E-state index < -0.39 is 0 Å². The number of rotatable bonds is 5. The third-order valence-corrected chi connectivity index (χ3v) is 5.10. The Morgan fingerprint density at radius 3 is 2.93 bits per heavy atom. The average molecular weight is 412 g/mol. The number of hydrogen-bond acceptors (Lipinski definition) is 5. The molecule has 5 nitrogen and oxygen atoms in total. The van der Waals surface area contributed by atoms with Gasteiger partial charge in [0.1, 0.15) is 0 Å². The van der Waals surface area contributed by atoms with Gasteiger partial charge >= 0.3 is 0 Å². The van der Waals surface area contributed by atoms with Gasteiger partial charge in [-0.2, -0.15) is 5.10 Å². The van der Waals surface area contributed by atoms with Crippen LogP contribution >= 0.6 is 22.9 Å². The number of hydrogen-bond donors (Lipinski definition) is 0. The monoisotopic (exact) mass is 411 g/mol. The van der Waals surface area contributed by atoms with Crippen molar-refractivity contribution in [3.05, 3.63) is 75.4 Å². The minimum atomic E-state index is 0.248. The summed E-state index contributed by atoms with van der Waals surface area (Å²) in [6.07, 6.45) is 1.78. The van der Waals surface area contributed by atoms with Gasteiger partial charge in [0, 0.05) is 16.0 Å². The summed E-state index contributed by atoms with van der Waals surface area (Å²) in [5.74, 6) is 1.47. The normalized spacial score (nSPS) is 13.4. The van der Waals surface area contributed by atoms with Gasteiger partial charge in [-0.25, -0.2) is 4.68 Å². The number of benzene rings is 2. The lowest BCUT2D eigenvalue weighted by Gasteiger charge is -2.04. The Morgan fingerprint density at radius 2 is 2.11 bits per heavy atom. The van der Waals surface area contributed by atoms with Gasteiger partial charge in [-0.1, -0.05) is 35.9 Å². The van der Waals surface area contributed by atoms with E-state index in [9.17, 15) is 0 Å². The molecule has 142 valence electrons. The van der Waals surface area contributed by atoms with Crippen molar-refractivity contribution in [2.45, 2.75) is 6.92 Å². The van der Waals surface area contributed by atoms with E-state index in [0.717, 1.165) is 38.7 Å². The number of fused-ring (bicyclic) bond motifs is 1. The van der Waals surface area contributed by atoms with Crippen molar-refractivity contribution in [1.29, 1.82) is 0 Å². The fourth-order valence-electron chi connectivity index (χ4n) is 2.69. The van der Waals surface area contributed by atoms with Crippen LogP contribution in [0.25, 0.3) is 11.3 Å². The highest BCUT2D eigenvalue weighted by Crippen LogP contribution is 2.32. The van der Waals surface area contributed by atoms with Gasteiger partial charge < -0.3 is 9.47 Å². The highest BCUT2D eigenvalue weighted by molar-refractivity contribution is 7.07. The van der Waals surface area contributed by atoms with E-state index in [0.29, 0.717) is 11.6 Å². The molecule has 0 radical (unpaired) electrons. The molecule has 2 heterocycles. The van der Waals surface area contributed by atoms with Crippen molar-refractivity contribution in [1.82, 2.24) is 4.68 Å². The molecular formula is C21H18ClN3O2S. The Kier molecular flexibility index (Phi) is 5.32. The Morgan fingerprint density at radius 1 is 1.25 bits per heavy atom. The van der Waals surface area contributed by atoms with Crippen LogP contribution in [0.1, 0.15) is 12.5 Å². The first-order chi connectivity index (χ1) is 13.6. The molecule has 0 atom stereocenters. The molecule has 0 bridgehead atoms. The van der Waals surface area contributed by atoms with Crippen molar-refractivity contribution in [3.63, 3.8) is 0 Å². The Bertz CT molecular complexity index is 1130. The smallest absolute Gasteiger partial charge is 0.231 e. The van der Waals surface area contributed by atoms with Crippen molar-refractivity contribution < 1.29 is 9.47 Å². The SMILES string of the molecule is C=C(C)CN=c1scc(-c2cccc(Cl)c2)n1N=Cc1ccc2c(c1)OCO2. The van der Waals surface area contributed by atoms with Crippen molar-refractivity contribution in [2.75, 3.05) is 13.3 Å². The Hall–Kier alpha value is -2.83. The summed E-state index contributed by atoms with van der Waals surface area (Å²) in [6, 6.07) is 13.4.